The first-order valence-electron chi connectivity index (χ1n) is 21.6. The molecule has 0 saturated carbocycles. The van der Waals surface area contributed by atoms with Crippen LogP contribution in [-0.4, -0.2) is 8.07 Å². The molecular weight excluding hydrogens is 915 g/mol. The van der Waals surface area contributed by atoms with E-state index in [1.54, 1.807) is 0 Å². The summed E-state index contributed by atoms with van der Waals surface area (Å²) < 4.78 is 0. The van der Waals surface area contributed by atoms with Crippen LogP contribution in [0.15, 0.2) is 253 Å². The van der Waals surface area contributed by atoms with Crippen LogP contribution in [0, 0.1) is 6.08 Å². The number of benzene rings is 9. The first-order valence-corrected chi connectivity index (χ1v) is 23.6. The Labute approximate surface area is 425 Å². The van der Waals surface area contributed by atoms with E-state index in [4.69, 9.17) is 0 Å². The van der Waals surface area contributed by atoms with E-state index >= 15 is 0 Å². The van der Waals surface area contributed by atoms with Crippen molar-refractivity contribution in [3.8, 4) is 66.8 Å². The average Bonchev–Trinajstić information content (AvgIpc) is 3.69. The van der Waals surface area contributed by atoms with E-state index in [0.717, 1.165) is 6.42 Å². The maximum absolute atomic E-state index is 3.89. The molecule has 324 valence electrons. The van der Waals surface area contributed by atoms with Gasteiger partial charge in [0.2, 0.25) is 0 Å². The molecule has 0 nitrogen and oxygen atoms in total. The van der Waals surface area contributed by atoms with Crippen LogP contribution < -0.4 is 15.6 Å². The molecule has 1 aliphatic carbocycles. The normalized spacial score (nSPS) is 11.9. The maximum Gasteiger partial charge on any atom is 0.0997 e. The minimum Gasteiger partial charge on any atom is -0.269 e. The molecular formula is C61H50Cl3SiTi-. The van der Waals surface area contributed by atoms with Crippen molar-refractivity contribution in [3.05, 3.63) is 259 Å². The van der Waals surface area contributed by atoms with Crippen molar-refractivity contribution in [1.82, 2.24) is 0 Å². The molecule has 0 amide bonds. The first kappa shape index (κ1) is 49.7. The smallest absolute Gasteiger partial charge is 0.0997 e. The van der Waals surface area contributed by atoms with Crippen LogP contribution in [0.4, 0.5) is 0 Å². The number of hydrogen-bond acceptors (Lipinski definition) is 0. The molecule has 0 aliphatic heterocycles. The molecule has 0 saturated heterocycles. The van der Waals surface area contributed by atoms with Gasteiger partial charge in [-0.1, -0.05) is 248 Å². The van der Waals surface area contributed by atoms with Gasteiger partial charge in [-0.25, -0.2) is 5.57 Å². The van der Waals surface area contributed by atoms with E-state index in [1.165, 1.54) is 98.7 Å². The van der Waals surface area contributed by atoms with Gasteiger partial charge in [0.05, 0.1) is 8.07 Å². The van der Waals surface area contributed by atoms with Crippen LogP contribution in [0.5, 0.6) is 0 Å². The Bertz CT molecular complexity index is 2600. The molecule has 0 bridgehead atoms. The molecule has 0 fully saturated rings. The van der Waals surface area contributed by atoms with Crippen LogP contribution in [0.1, 0.15) is 20.3 Å². The van der Waals surface area contributed by atoms with Crippen LogP contribution in [0.3, 0.4) is 0 Å². The predicted octanol–water partition coefficient (Wildman–Crippen LogP) is 15.4. The fourth-order valence-corrected chi connectivity index (χ4v) is 15.1. The summed E-state index contributed by atoms with van der Waals surface area (Å²) in [7, 11) is -3.32. The maximum atomic E-state index is 3.89. The van der Waals surface area contributed by atoms with Gasteiger partial charge in [-0.3, -0.25) is 6.08 Å². The average molecular weight is 965 g/mol. The molecule has 0 heterocycles. The third-order valence-corrected chi connectivity index (χ3v) is 17.6. The van der Waals surface area contributed by atoms with Gasteiger partial charge in [-0.05, 0) is 85.0 Å². The summed E-state index contributed by atoms with van der Waals surface area (Å²) in [6.07, 6.45) is 4.70. The molecule has 66 heavy (non-hydrogen) atoms. The van der Waals surface area contributed by atoms with Crippen molar-refractivity contribution in [2.45, 2.75) is 20.3 Å². The van der Waals surface area contributed by atoms with Crippen LogP contribution in [-0.2, 0) is 21.7 Å². The van der Waals surface area contributed by atoms with E-state index < -0.39 is 8.07 Å². The molecule has 0 atom stereocenters. The van der Waals surface area contributed by atoms with Gasteiger partial charge in [-0.15, -0.1) is 43.6 Å². The summed E-state index contributed by atoms with van der Waals surface area (Å²) in [4.78, 5) is 0. The minimum atomic E-state index is -3.32. The third-order valence-electron chi connectivity index (χ3n) is 12.5. The summed E-state index contributed by atoms with van der Waals surface area (Å²) in [5.74, 6) is 0. The zero-order valence-electron chi connectivity index (χ0n) is 36.9. The van der Waals surface area contributed by atoms with E-state index in [1.807, 2.05) is 0 Å². The molecule has 9 aromatic carbocycles. The van der Waals surface area contributed by atoms with Crippen LogP contribution >= 0.6 is 37.2 Å². The van der Waals surface area contributed by atoms with Gasteiger partial charge < -0.3 is 0 Å². The van der Waals surface area contributed by atoms with Crippen molar-refractivity contribution < 1.29 is 21.7 Å². The number of halogens is 3. The Morgan fingerprint density at radius 2 is 0.515 bits per heavy atom. The van der Waals surface area contributed by atoms with Crippen LogP contribution in [0.2, 0.25) is 0 Å². The van der Waals surface area contributed by atoms with Gasteiger partial charge in [0, 0.05) is 21.7 Å². The molecule has 0 unspecified atom stereocenters. The number of rotatable bonds is 10. The second kappa shape index (κ2) is 22.2. The quantitative estimate of drug-likeness (QED) is 0.0728. The van der Waals surface area contributed by atoms with Crippen molar-refractivity contribution in [2.24, 2.45) is 0 Å². The Hall–Kier alpha value is -5.74. The molecule has 1 aliphatic rings. The zero-order valence-corrected chi connectivity index (χ0v) is 42.0. The van der Waals surface area contributed by atoms with Crippen molar-refractivity contribution in [1.29, 1.82) is 0 Å². The van der Waals surface area contributed by atoms with Crippen LogP contribution in [0.25, 0.3) is 66.8 Å². The van der Waals surface area contributed by atoms with Crippen molar-refractivity contribution in [2.75, 3.05) is 0 Å². The fraction of sp³-hybridized carbons (Fsp3) is 0.0492. The minimum absolute atomic E-state index is 0. The van der Waals surface area contributed by atoms with Gasteiger partial charge >= 0.3 is 0 Å². The monoisotopic (exact) mass is 963 g/mol. The Morgan fingerprint density at radius 1 is 0.303 bits per heavy atom. The molecule has 0 spiro atoms. The Balaban J connectivity index is 0.00000180. The van der Waals surface area contributed by atoms with E-state index in [9.17, 15) is 0 Å². The zero-order chi connectivity index (χ0) is 41.9. The summed E-state index contributed by atoms with van der Waals surface area (Å²) in [6, 6.07) is 88.0. The molecule has 10 rings (SSSR count). The first-order chi connectivity index (χ1) is 30.5. The summed E-state index contributed by atoms with van der Waals surface area (Å²) in [6.45, 7) is 4.67. The van der Waals surface area contributed by atoms with E-state index in [2.05, 4.69) is 257 Å². The standard InChI is InChI=1S/C61H47Si.3ClH.Ti/c1-44-33-34-45(2)61(44)62(58-38-52(46-21-9-3-10-22-46)35-53(39-58)47-23-11-4-12-24-47,59-40-54(48-25-13-5-14-26-48)36-55(41-59)49-27-15-6-16-28-49)60-42-56(50-29-17-7-18-30-50)37-57(43-60)51-31-19-8-20-32-51;;;;/h3-32,35-43H,33H2,1-2H3;3*1H;/q-1;;;;. The van der Waals surface area contributed by atoms with Gasteiger partial charge in [0.1, 0.15) is 0 Å². The molecule has 5 heteroatoms. The molecule has 0 radical (unpaired) electrons. The largest absolute Gasteiger partial charge is 0.269 e. The van der Waals surface area contributed by atoms with Crippen molar-refractivity contribution >= 4 is 60.9 Å². The SMILES string of the molecule is CC1=[C-]CC(C)=C1[Si](c1cc(-c2ccccc2)cc(-c2ccccc2)c1)(c1cc(-c2ccccc2)cc(-c2ccccc2)c1)c1cc(-c2ccccc2)cc(-c2ccccc2)c1.Cl.Cl.Cl.[Ti]. The summed E-state index contributed by atoms with van der Waals surface area (Å²) in [5.41, 5.74) is 17.1. The number of allylic oxidation sites excluding steroid dienone is 4. The second-order valence-corrected chi connectivity index (χ2v) is 20.2. The Kier molecular flexibility index (Phi) is 16.7. The van der Waals surface area contributed by atoms with Gasteiger partial charge in [0.25, 0.3) is 0 Å². The Morgan fingerprint density at radius 3 is 0.697 bits per heavy atom. The molecule has 0 N–H and O–H groups in total. The molecule has 9 aromatic rings. The van der Waals surface area contributed by atoms with Gasteiger partial charge in [0.15, 0.2) is 0 Å². The third kappa shape index (κ3) is 9.85. The molecule has 0 aromatic heterocycles. The summed E-state index contributed by atoms with van der Waals surface area (Å²) in [5, 5.41) is 5.49. The second-order valence-electron chi connectivity index (χ2n) is 16.5. The predicted molar refractivity (Wildman–Crippen MR) is 288 cm³/mol. The fourth-order valence-electron chi connectivity index (χ4n) is 9.61. The van der Waals surface area contributed by atoms with E-state index in [0.29, 0.717) is 0 Å². The summed E-state index contributed by atoms with van der Waals surface area (Å²) >= 11 is 0. The van der Waals surface area contributed by atoms with E-state index in [-0.39, 0.29) is 58.9 Å². The van der Waals surface area contributed by atoms with Gasteiger partial charge in [-0.2, -0.15) is 10.8 Å². The number of hydrogen-bond donors (Lipinski definition) is 0. The topological polar surface area (TPSA) is 0 Å². The van der Waals surface area contributed by atoms with Crippen molar-refractivity contribution in [3.63, 3.8) is 0 Å².